The van der Waals surface area contributed by atoms with Crippen LogP contribution in [0.4, 0.5) is 5.82 Å². The summed E-state index contributed by atoms with van der Waals surface area (Å²) in [7, 11) is 9.78. The van der Waals surface area contributed by atoms with Gasteiger partial charge in [-0.1, -0.05) is 19.3 Å². The summed E-state index contributed by atoms with van der Waals surface area (Å²) >= 11 is -0.556. The summed E-state index contributed by atoms with van der Waals surface area (Å²) in [5.41, 5.74) is 0. The molecule has 1 aliphatic rings. The molecule has 0 N–H and O–H groups in total. The van der Waals surface area contributed by atoms with Gasteiger partial charge in [0.1, 0.15) is 0 Å². The molecular formula is C9H13Cl2N4Ti-. The van der Waals surface area contributed by atoms with E-state index in [0.717, 1.165) is 0 Å². The van der Waals surface area contributed by atoms with Gasteiger partial charge < -0.3 is 9.97 Å². The summed E-state index contributed by atoms with van der Waals surface area (Å²) in [5, 5.41) is 8.29. The first-order valence-corrected chi connectivity index (χ1v) is 9.46. The van der Waals surface area contributed by atoms with Gasteiger partial charge in [-0.15, -0.1) is 0 Å². The predicted molar refractivity (Wildman–Crippen MR) is 60.7 cm³/mol. The van der Waals surface area contributed by atoms with E-state index in [4.69, 9.17) is 18.6 Å². The molecule has 4 nitrogen and oxygen atoms in total. The maximum absolute atomic E-state index is 4.89. The van der Waals surface area contributed by atoms with Crippen molar-refractivity contribution in [3.8, 4) is 0 Å². The third-order valence-corrected chi connectivity index (χ3v) is 2.34. The molecule has 1 aromatic rings. The van der Waals surface area contributed by atoms with Gasteiger partial charge in [0.15, 0.2) is 0 Å². The molecule has 16 heavy (non-hydrogen) atoms. The standard InChI is InChI=1S/C9H13N4.2ClH.Ti/c1-2-4-8(5-3-1)12-13-9-6-10-7-11-9;;;/h6-8H,1-5H2;2*1H;/q-1;;;+2/p-2. The smallest absolute Gasteiger partial charge is 0.0564 e. The molecule has 0 bridgehead atoms. The van der Waals surface area contributed by atoms with Crippen LogP contribution in [0, 0.1) is 0 Å². The number of rotatable bonds is 2. The van der Waals surface area contributed by atoms with Gasteiger partial charge in [-0.2, -0.15) is 0 Å². The van der Waals surface area contributed by atoms with Crippen molar-refractivity contribution >= 4 is 24.4 Å². The Labute approximate surface area is 112 Å². The van der Waals surface area contributed by atoms with Crippen LogP contribution in [0.2, 0.25) is 0 Å². The fraction of sp³-hybridized carbons (Fsp3) is 0.667. The first-order chi connectivity index (χ1) is 7.86. The summed E-state index contributed by atoms with van der Waals surface area (Å²) in [6, 6.07) is 0.422. The molecule has 1 saturated carbocycles. The average molecular weight is 296 g/mol. The minimum absolute atomic E-state index is 0.422. The van der Waals surface area contributed by atoms with Crippen molar-refractivity contribution in [1.29, 1.82) is 0 Å². The minimum Gasteiger partial charge on any atom is -0.376 e. The van der Waals surface area contributed by atoms with E-state index in [-0.39, 0.29) is 0 Å². The normalized spacial score (nSPS) is 16.9. The molecule has 88 valence electrons. The van der Waals surface area contributed by atoms with Crippen molar-refractivity contribution in [1.82, 2.24) is 9.97 Å². The van der Waals surface area contributed by atoms with Crippen LogP contribution < -0.4 is 4.98 Å². The van der Waals surface area contributed by atoms with E-state index in [0.29, 0.717) is 11.9 Å². The van der Waals surface area contributed by atoms with Crippen molar-refractivity contribution in [2.45, 2.75) is 38.1 Å². The molecule has 0 unspecified atom stereocenters. The van der Waals surface area contributed by atoms with E-state index >= 15 is 0 Å². The Morgan fingerprint density at radius 1 is 1.31 bits per heavy atom. The summed E-state index contributed by atoms with van der Waals surface area (Å²) in [4.78, 5) is 7.75. The molecule has 0 atom stereocenters. The molecule has 0 amide bonds. The van der Waals surface area contributed by atoms with Gasteiger partial charge in [-0.25, -0.2) is 0 Å². The minimum atomic E-state index is -0.556. The van der Waals surface area contributed by atoms with Crippen LogP contribution in [0.1, 0.15) is 32.1 Å². The number of hydrogen-bond acceptors (Lipinski definition) is 3. The molecule has 1 heterocycles. The molecule has 7 heteroatoms. The summed E-state index contributed by atoms with van der Waals surface area (Å²) in [6.07, 6.45) is 9.41. The Balaban J connectivity index is 0.000000386. The third kappa shape index (κ3) is 5.99. The molecule has 0 radical (unpaired) electrons. The van der Waals surface area contributed by atoms with Crippen LogP contribution in [0.5, 0.6) is 0 Å². The number of aromatic nitrogens is 2. The largest absolute Gasteiger partial charge is 0.376 e. The quantitative estimate of drug-likeness (QED) is 0.615. The topological polar surface area (TPSA) is 51.7 Å². The number of azo groups is 1. The zero-order valence-corrected chi connectivity index (χ0v) is 11.9. The van der Waals surface area contributed by atoms with Crippen LogP contribution >= 0.6 is 18.6 Å². The van der Waals surface area contributed by atoms with E-state index in [1.165, 1.54) is 38.4 Å². The van der Waals surface area contributed by atoms with Crippen LogP contribution in [-0.2, 0) is 17.0 Å². The van der Waals surface area contributed by atoms with E-state index in [1.807, 2.05) is 0 Å². The number of halogens is 2. The summed E-state index contributed by atoms with van der Waals surface area (Å²) in [6.45, 7) is 0. The molecule has 0 aromatic carbocycles. The van der Waals surface area contributed by atoms with Crippen LogP contribution in [0.15, 0.2) is 22.8 Å². The molecule has 0 spiro atoms. The Kier molecular flexibility index (Phi) is 8.12. The molecule has 0 aliphatic heterocycles. The fourth-order valence-electron chi connectivity index (χ4n) is 1.61. The Hall–Kier alpha value is 0.104. The van der Waals surface area contributed by atoms with Crippen molar-refractivity contribution in [3.05, 3.63) is 12.5 Å². The molecule has 0 saturated heterocycles. The van der Waals surface area contributed by atoms with Crippen LogP contribution in [0.25, 0.3) is 0 Å². The summed E-state index contributed by atoms with van der Waals surface area (Å²) < 4.78 is 0. The fourth-order valence-corrected chi connectivity index (χ4v) is 1.61. The SMILES string of the molecule is [Cl][Ti][Cl].c1ncc(N=NC2CCCCC2)[n-]1. The van der Waals surface area contributed by atoms with E-state index < -0.39 is 17.0 Å². The van der Waals surface area contributed by atoms with Crippen LogP contribution in [0.3, 0.4) is 0 Å². The Morgan fingerprint density at radius 2 is 2.00 bits per heavy atom. The average Bonchev–Trinajstić information content (AvgIpc) is 2.82. The van der Waals surface area contributed by atoms with E-state index in [2.05, 4.69) is 20.2 Å². The van der Waals surface area contributed by atoms with Gasteiger partial charge in [0, 0.05) is 5.82 Å². The Bertz CT molecular complexity index is 286. The Morgan fingerprint density at radius 3 is 2.56 bits per heavy atom. The second kappa shape index (κ2) is 9.17. The second-order valence-electron chi connectivity index (χ2n) is 3.46. The van der Waals surface area contributed by atoms with Crippen molar-refractivity contribution in [3.63, 3.8) is 0 Å². The van der Waals surface area contributed by atoms with E-state index in [1.54, 1.807) is 6.20 Å². The zero-order chi connectivity index (χ0) is 11.6. The monoisotopic (exact) mass is 295 g/mol. The molecule has 1 fully saturated rings. The maximum atomic E-state index is 4.89. The first kappa shape index (κ1) is 14.2. The number of nitrogens with zero attached hydrogens (tertiary/aromatic N) is 4. The van der Waals surface area contributed by atoms with Crippen LogP contribution in [-0.4, -0.2) is 11.0 Å². The van der Waals surface area contributed by atoms with E-state index in [9.17, 15) is 0 Å². The van der Waals surface area contributed by atoms with Gasteiger partial charge >= 0.3 is 35.6 Å². The van der Waals surface area contributed by atoms with Crippen molar-refractivity contribution < 1.29 is 17.0 Å². The van der Waals surface area contributed by atoms with Gasteiger partial charge in [-0.3, -0.25) is 10.2 Å². The van der Waals surface area contributed by atoms with Gasteiger partial charge in [-0.05, 0) is 25.4 Å². The molecule has 1 aromatic heterocycles. The number of hydrogen-bond donors (Lipinski definition) is 0. The number of imidazole rings is 1. The predicted octanol–water partition coefficient (Wildman–Crippen LogP) is 3.83. The maximum Gasteiger partial charge on any atom is 0.0564 e. The zero-order valence-electron chi connectivity index (χ0n) is 8.81. The van der Waals surface area contributed by atoms with Gasteiger partial charge in [0.05, 0.1) is 6.04 Å². The van der Waals surface area contributed by atoms with Crippen molar-refractivity contribution in [2.75, 3.05) is 0 Å². The van der Waals surface area contributed by atoms with Crippen molar-refractivity contribution in [2.24, 2.45) is 10.2 Å². The third-order valence-electron chi connectivity index (χ3n) is 2.34. The second-order valence-corrected chi connectivity index (χ2v) is 6.04. The molecular weight excluding hydrogens is 283 g/mol. The molecule has 1 aliphatic carbocycles. The van der Waals surface area contributed by atoms with Gasteiger partial charge in [0.2, 0.25) is 0 Å². The summed E-state index contributed by atoms with van der Waals surface area (Å²) in [5.74, 6) is 0.630. The molecule has 2 rings (SSSR count). The first-order valence-electron chi connectivity index (χ1n) is 5.16. The van der Waals surface area contributed by atoms with Gasteiger partial charge in [0.25, 0.3) is 0 Å².